The lowest BCUT2D eigenvalue weighted by atomic mass is 9.55. The molecule has 28 heavy (non-hydrogen) atoms. The van der Waals surface area contributed by atoms with E-state index in [1.165, 1.54) is 10.5 Å². The molecule has 158 valence electrons. The molecule has 2 fully saturated rings. The van der Waals surface area contributed by atoms with Gasteiger partial charge in [0.05, 0.1) is 6.61 Å². The van der Waals surface area contributed by atoms with Crippen LogP contribution in [0.1, 0.15) is 66.2 Å². The van der Waals surface area contributed by atoms with Gasteiger partial charge in [0.1, 0.15) is 11.7 Å². The van der Waals surface area contributed by atoms with E-state index in [0.29, 0.717) is 12.5 Å². The number of ether oxygens (including phenoxy) is 2. The Labute approximate surface area is 169 Å². The molecule has 5 heteroatoms. The number of carbonyl (C=O) groups is 2. The standard InChI is InChI=1S/C23H37NO4/c1-15-8-7-12-23(4)20(28-23)19(25)17-10-9-16(2)22(3,13-11-15)18(17)14-27-21(26)24(5)6/h8,16-18,20H,7,9-14H2,1-6H3/b15-8+/t16-,17-,18+,20-,22+,23-/m1/s1. The Morgan fingerprint density at radius 3 is 2.68 bits per heavy atom. The first kappa shape index (κ1) is 21.4. The van der Waals surface area contributed by atoms with Gasteiger partial charge in [0, 0.05) is 25.9 Å². The van der Waals surface area contributed by atoms with Crippen molar-refractivity contribution in [1.82, 2.24) is 4.90 Å². The molecule has 0 spiro atoms. The van der Waals surface area contributed by atoms with Crippen LogP contribution in [-0.4, -0.2) is 49.2 Å². The number of fused-ring (bicyclic) bond motifs is 3. The Hall–Kier alpha value is -1.36. The third-order valence-corrected chi connectivity index (χ3v) is 7.82. The summed E-state index contributed by atoms with van der Waals surface area (Å²) in [5.41, 5.74) is 1.05. The van der Waals surface area contributed by atoms with Crippen LogP contribution in [0.2, 0.25) is 0 Å². The predicted octanol–water partition coefficient (Wildman–Crippen LogP) is 4.60. The summed E-state index contributed by atoms with van der Waals surface area (Å²) >= 11 is 0. The van der Waals surface area contributed by atoms with Gasteiger partial charge in [-0.05, 0) is 63.7 Å². The molecule has 0 aromatic carbocycles. The molecule has 1 saturated heterocycles. The number of amides is 1. The molecule has 0 radical (unpaired) electrons. The van der Waals surface area contributed by atoms with E-state index in [1.54, 1.807) is 14.1 Å². The number of rotatable bonds is 2. The third kappa shape index (κ3) is 4.00. The van der Waals surface area contributed by atoms with E-state index in [-0.39, 0.29) is 40.8 Å². The number of epoxide rings is 1. The van der Waals surface area contributed by atoms with Gasteiger partial charge in [-0.25, -0.2) is 4.79 Å². The van der Waals surface area contributed by atoms with Crippen LogP contribution in [-0.2, 0) is 14.3 Å². The molecular weight excluding hydrogens is 354 g/mol. The second-order valence-electron chi connectivity index (χ2n) is 9.97. The van der Waals surface area contributed by atoms with E-state index >= 15 is 0 Å². The van der Waals surface area contributed by atoms with Crippen molar-refractivity contribution in [3.63, 3.8) is 0 Å². The molecule has 0 aromatic heterocycles. The molecule has 1 heterocycles. The van der Waals surface area contributed by atoms with Crippen molar-refractivity contribution in [1.29, 1.82) is 0 Å². The minimum Gasteiger partial charge on any atom is -0.449 e. The molecule has 2 bridgehead atoms. The summed E-state index contributed by atoms with van der Waals surface area (Å²) in [4.78, 5) is 27.0. The summed E-state index contributed by atoms with van der Waals surface area (Å²) in [6.07, 6.45) is 7.49. The first-order chi connectivity index (χ1) is 13.1. The third-order valence-electron chi connectivity index (χ3n) is 7.82. The Balaban J connectivity index is 1.92. The van der Waals surface area contributed by atoms with E-state index in [1.807, 2.05) is 0 Å². The minimum atomic E-state index is -0.337. The molecule has 3 rings (SSSR count). The Kier molecular flexibility index (Phi) is 5.96. The number of nitrogens with zero attached hydrogens (tertiary/aromatic N) is 1. The summed E-state index contributed by atoms with van der Waals surface area (Å²) in [6.45, 7) is 9.18. The van der Waals surface area contributed by atoms with Crippen molar-refractivity contribution in [3.8, 4) is 0 Å². The fourth-order valence-electron chi connectivity index (χ4n) is 5.31. The number of allylic oxidation sites excluding steroid dienone is 2. The lowest BCUT2D eigenvalue weighted by Crippen LogP contribution is -2.49. The van der Waals surface area contributed by atoms with E-state index in [2.05, 4.69) is 33.8 Å². The molecule has 0 N–H and O–H groups in total. The van der Waals surface area contributed by atoms with Crippen molar-refractivity contribution < 1.29 is 19.1 Å². The van der Waals surface area contributed by atoms with Crippen LogP contribution in [0.5, 0.6) is 0 Å². The van der Waals surface area contributed by atoms with Crippen LogP contribution < -0.4 is 0 Å². The molecular formula is C23H37NO4. The van der Waals surface area contributed by atoms with Gasteiger partial charge in [-0.1, -0.05) is 25.5 Å². The highest BCUT2D eigenvalue weighted by Gasteiger charge is 2.60. The summed E-state index contributed by atoms with van der Waals surface area (Å²) in [5.74, 6) is 0.662. The number of Topliss-reactive ketones (excluding diaryl/α,β-unsaturated/α-hetero) is 1. The van der Waals surface area contributed by atoms with Gasteiger partial charge in [0.15, 0.2) is 5.78 Å². The van der Waals surface area contributed by atoms with Crippen LogP contribution in [0, 0.1) is 23.2 Å². The first-order valence-corrected chi connectivity index (χ1v) is 10.8. The second-order valence-corrected chi connectivity index (χ2v) is 9.97. The molecule has 5 nitrogen and oxygen atoms in total. The molecule has 0 aromatic rings. The van der Waals surface area contributed by atoms with Gasteiger partial charge >= 0.3 is 6.09 Å². The van der Waals surface area contributed by atoms with Gasteiger partial charge in [-0.2, -0.15) is 0 Å². The zero-order valence-corrected chi connectivity index (χ0v) is 18.4. The van der Waals surface area contributed by atoms with Crippen LogP contribution in [0.15, 0.2) is 11.6 Å². The fraction of sp³-hybridized carbons (Fsp3) is 0.826. The van der Waals surface area contributed by atoms with Crippen molar-refractivity contribution in [2.75, 3.05) is 20.7 Å². The lowest BCUT2D eigenvalue weighted by Gasteiger charge is -2.50. The number of ketones is 1. The predicted molar refractivity (Wildman–Crippen MR) is 109 cm³/mol. The van der Waals surface area contributed by atoms with Crippen molar-refractivity contribution in [2.45, 2.75) is 77.9 Å². The fourth-order valence-corrected chi connectivity index (χ4v) is 5.31. The summed E-state index contributed by atoms with van der Waals surface area (Å²) in [7, 11) is 3.38. The lowest BCUT2D eigenvalue weighted by molar-refractivity contribution is -0.134. The summed E-state index contributed by atoms with van der Waals surface area (Å²) in [5, 5.41) is 0. The zero-order chi connectivity index (χ0) is 20.7. The van der Waals surface area contributed by atoms with E-state index in [0.717, 1.165) is 38.5 Å². The summed E-state index contributed by atoms with van der Waals surface area (Å²) < 4.78 is 11.6. The largest absolute Gasteiger partial charge is 0.449 e. The van der Waals surface area contributed by atoms with E-state index in [9.17, 15) is 9.59 Å². The summed E-state index contributed by atoms with van der Waals surface area (Å²) in [6, 6.07) is 0. The number of hydrogen-bond acceptors (Lipinski definition) is 4. The van der Waals surface area contributed by atoms with Crippen LogP contribution in [0.4, 0.5) is 4.79 Å². The SMILES string of the molecule is C/C1=C\CC[C@@]2(C)O[C@@H]2C(=O)[C@@H]2CC[C@@H](C)[C@](C)(CC1)[C@H]2COC(=O)N(C)C. The maximum absolute atomic E-state index is 13.4. The molecule has 3 aliphatic rings. The smallest absolute Gasteiger partial charge is 0.409 e. The average molecular weight is 392 g/mol. The van der Waals surface area contributed by atoms with Gasteiger partial charge in [0.25, 0.3) is 0 Å². The highest BCUT2D eigenvalue weighted by atomic mass is 16.6. The highest BCUT2D eigenvalue weighted by molar-refractivity contribution is 5.89. The average Bonchev–Trinajstić information content (AvgIpc) is 3.31. The highest BCUT2D eigenvalue weighted by Crippen LogP contribution is 2.54. The normalized spacial score (nSPS) is 42.9. The molecule has 2 aliphatic carbocycles. The number of hydrogen-bond donors (Lipinski definition) is 0. The molecule has 6 atom stereocenters. The van der Waals surface area contributed by atoms with E-state index in [4.69, 9.17) is 9.47 Å². The van der Waals surface area contributed by atoms with Gasteiger partial charge in [0.2, 0.25) is 0 Å². The van der Waals surface area contributed by atoms with Crippen LogP contribution in [0.3, 0.4) is 0 Å². The maximum atomic E-state index is 13.4. The molecule has 1 aliphatic heterocycles. The van der Waals surface area contributed by atoms with Crippen LogP contribution >= 0.6 is 0 Å². The van der Waals surface area contributed by atoms with Gasteiger partial charge in [-0.15, -0.1) is 0 Å². The monoisotopic (exact) mass is 391 g/mol. The Morgan fingerprint density at radius 1 is 1.29 bits per heavy atom. The van der Waals surface area contributed by atoms with Crippen molar-refractivity contribution >= 4 is 11.9 Å². The zero-order valence-electron chi connectivity index (χ0n) is 18.4. The Bertz CT molecular complexity index is 657. The minimum absolute atomic E-state index is 0.0355. The van der Waals surface area contributed by atoms with Crippen LogP contribution in [0.25, 0.3) is 0 Å². The van der Waals surface area contributed by atoms with Crippen molar-refractivity contribution in [3.05, 3.63) is 11.6 Å². The first-order valence-electron chi connectivity index (χ1n) is 10.8. The molecule has 1 amide bonds. The maximum Gasteiger partial charge on any atom is 0.409 e. The van der Waals surface area contributed by atoms with Crippen molar-refractivity contribution in [2.24, 2.45) is 23.2 Å². The van der Waals surface area contributed by atoms with E-state index < -0.39 is 0 Å². The number of carbonyl (C=O) groups excluding carboxylic acids is 2. The molecule has 0 unspecified atom stereocenters. The quantitative estimate of drug-likeness (QED) is 0.510. The van der Waals surface area contributed by atoms with Gasteiger partial charge in [-0.3, -0.25) is 4.79 Å². The Morgan fingerprint density at radius 2 is 2.00 bits per heavy atom. The topological polar surface area (TPSA) is 59.1 Å². The molecule has 1 saturated carbocycles. The van der Waals surface area contributed by atoms with Gasteiger partial charge < -0.3 is 14.4 Å². The second kappa shape index (κ2) is 7.81.